The molecule has 1 aromatic carbocycles. The Morgan fingerprint density at radius 3 is 2.86 bits per heavy atom. The van der Waals surface area contributed by atoms with Crippen LogP contribution in [0.2, 0.25) is 0 Å². The van der Waals surface area contributed by atoms with Crippen molar-refractivity contribution in [1.82, 2.24) is 10.3 Å². The summed E-state index contributed by atoms with van der Waals surface area (Å²) >= 11 is 0. The van der Waals surface area contributed by atoms with Crippen LogP contribution in [0.25, 0.3) is 0 Å². The highest BCUT2D eigenvalue weighted by atomic mass is 16.4. The van der Waals surface area contributed by atoms with Gasteiger partial charge in [-0.2, -0.15) is 4.98 Å². The van der Waals surface area contributed by atoms with E-state index < -0.39 is 0 Å². The molecule has 4 nitrogen and oxygen atoms in total. The van der Waals surface area contributed by atoms with E-state index in [1.807, 2.05) is 0 Å². The smallest absolute Gasteiger partial charge is 0.297 e. The van der Waals surface area contributed by atoms with E-state index in [0.717, 1.165) is 31.3 Å². The standard InChI is InChI=1S/C17H21N3O/c1-2-4-13(5-3-1)14-8-9-20(11-14)17-19-16(12-21-17)10-18-15-6-7-15/h1-5,12,14-15,18H,6-11H2. The van der Waals surface area contributed by atoms with E-state index in [1.54, 1.807) is 6.26 Å². The Labute approximate surface area is 125 Å². The third kappa shape index (κ3) is 2.95. The number of anilines is 1. The highest BCUT2D eigenvalue weighted by molar-refractivity contribution is 5.33. The number of nitrogens with one attached hydrogen (secondary N) is 1. The molecule has 2 heterocycles. The van der Waals surface area contributed by atoms with Crippen LogP contribution in [-0.4, -0.2) is 24.1 Å². The number of benzene rings is 1. The van der Waals surface area contributed by atoms with Crippen molar-refractivity contribution in [2.45, 2.75) is 37.8 Å². The van der Waals surface area contributed by atoms with Gasteiger partial charge in [0.25, 0.3) is 6.01 Å². The fraction of sp³-hybridized carbons (Fsp3) is 0.471. The minimum absolute atomic E-state index is 0.589. The van der Waals surface area contributed by atoms with Crippen LogP contribution < -0.4 is 10.2 Å². The van der Waals surface area contributed by atoms with Crippen molar-refractivity contribution in [2.75, 3.05) is 18.0 Å². The van der Waals surface area contributed by atoms with Gasteiger partial charge in [-0.15, -0.1) is 0 Å². The Balaban J connectivity index is 1.38. The lowest BCUT2D eigenvalue weighted by atomic mass is 9.99. The fourth-order valence-electron chi connectivity index (χ4n) is 2.99. The number of rotatable bonds is 5. The second kappa shape index (κ2) is 5.53. The van der Waals surface area contributed by atoms with Crippen molar-refractivity contribution in [3.05, 3.63) is 47.9 Å². The molecule has 0 amide bonds. The number of oxazole rings is 1. The van der Waals surface area contributed by atoms with Crippen LogP contribution >= 0.6 is 0 Å². The molecule has 0 bridgehead atoms. The summed E-state index contributed by atoms with van der Waals surface area (Å²) < 4.78 is 5.66. The van der Waals surface area contributed by atoms with Crippen molar-refractivity contribution in [1.29, 1.82) is 0 Å². The Morgan fingerprint density at radius 1 is 1.19 bits per heavy atom. The van der Waals surface area contributed by atoms with Crippen LogP contribution in [0.1, 0.15) is 36.4 Å². The van der Waals surface area contributed by atoms with E-state index in [-0.39, 0.29) is 0 Å². The molecule has 1 saturated carbocycles. The Kier molecular flexibility index (Phi) is 3.39. The lowest BCUT2D eigenvalue weighted by Gasteiger charge is -2.13. The van der Waals surface area contributed by atoms with E-state index in [4.69, 9.17) is 4.42 Å². The molecular formula is C17H21N3O. The zero-order valence-corrected chi connectivity index (χ0v) is 12.2. The molecule has 1 aromatic heterocycles. The van der Waals surface area contributed by atoms with Gasteiger partial charge in [-0.05, 0) is 24.8 Å². The number of aromatic nitrogens is 1. The van der Waals surface area contributed by atoms with Crippen molar-refractivity contribution in [2.24, 2.45) is 0 Å². The van der Waals surface area contributed by atoms with Crippen molar-refractivity contribution < 1.29 is 4.42 Å². The minimum Gasteiger partial charge on any atom is -0.432 e. The summed E-state index contributed by atoms with van der Waals surface area (Å²) in [6.07, 6.45) is 5.56. The molecule has 2 aromatic rings. The second-order valence-corrected chi connectivity index (χ2v) is 6.12. The molecule has 0 spiro atoms. The van der Waals surface area contributed by atoms with E-state index in [9.17, 15) is 0 Å². The van der Waals surface area contributed by atoms with Crippen LogP contribution in [0.4, 0.5) is 6.01 Å². The molecule has 1 atom stereocenters. The molecule has 1 saturated heterocycles. The topological polar surface area (TPSA) is 41.3 Å². The summed E-state index contributed by atoms with van der Waals surface area (Å²) in [7, 11) is 0. The molecule has 0 radical (unpaired) electrons. The molecule has 21 heavy (non-hydrogen) atoms. The van der Waals surface area contributed by atoms with Gasteiger partial charge in [-0.25, -0.2) is 0 Å². The predicted octanol–water partition coefficient (Wildman–Crippen LogP) is 2.92. The molecule has 1 aliphatic heterocycles. The second-order valence-electron chi connectivity index (χ2n) is 6.12. The van der Waals surface area contributed by atoms with Crippen LogP contribution in [0, 0.1) is 0 Å². The lowest BCUT2D eigenvalue weighted by Crippen LogP contribution is -2.20. The van der Waals surface area contributed by atoms with Crippen LogP contribution in [-0.2, 0) is 6.54 Å². The molecule has 1 N–H and O–H groups in total. The van der Waals surface area contributed by atoms with E-state index in [2.05, 4.69) is 45.5 Å². The van der Waals surface area contributed by atoms with E-state index in [1.165, 1.54) is 24.8 Å². The van der Waals surface area contributed by atoms with Gasteiger partial charge in [0, 0.05) is 31.6 Å². The summed E-state index contributed by atoms with van der Waals surface area (Å²) in [4.78, 5) is 6.88. The van der Waals surface area contributed by atoms with Gasteiger partial charge < -0.3 is 14.6 Å². The summed E-state index contributed by atoms with van der Waals surface area (Å²) in [5, 5.41) is 3.47. The summed E-state index contributed by atoms with van der Waals surface area (Å²) in [5.41, 5.74) is 2.43. The zero-order valence-electron chi connectivity index (χ0n) is 12.2. The lowest BCUT2D eigenvalue weighted by molar-refractivity contribution is 0.543. The normalized spacial score (nSPS) is 21.9. The summed E-state index contributed by atoms with van der Waals surface area (Å²) in [6.45, 7) is 2.85. The quantitative estimate of drug-likeness (QED) is 0.916. The van der Waals surface area contributed by atoms with Gasteiger partial charge in [0.05, 0.1) is 5.69 Å². The monoisotopic (exact) mass is 283 g/mol. The first kappa shape index (κ1) is 12.9. The predicted molar refractivity (Wildman–Crippen MR) is 82.4 cm³/mol. The average molecular weight is 283 g/mol. The summed E-state index contributed by atoms with van der Waals surface area (Å²) in [6, 6.07) is 12.2. The molecule has 4 rings (SSSR count). The number of hydrogen-bond donors (Lipinski definition) is 1. The van der Waals surface area contributed by atoms with Gasteiger partial charge in [0.2, 0.25) is 0 Å². The van der Waals surface area contributed by atoms with Gasteiger partial charge in [0.15, 0.2) is 0 Å². The van der Waals surface area contributed by atoms with Crippen molar-refractivity contribution in [3.63, 3.8) is 0 Å². The number of nitrogens with zero attached hydrogens (tertiary/aromatic N) is 2. The number of hydrogen-bond acceptors (Lipinski definition) is 4. The van der Waals surface area contributed by atoms with Crippen molar-refractivity contribution >= 4 is 6.01 Å². The maximum atomic E-state index is 5.66. The Hall–Kier alpha value is -1.81. The Morgan fingerprint density at radius 2 is 2.05 bits per heavy atom. The third-order valence-electron chi connectivity index (χ3n) is 4.42. The highest BCUT2D eigenvalue weighted by Gasteiger charge is 2.27. The molecule has 2 aliphatic rings. The first-order chi connectivity index (χ1) is 10.4. The highest BCUT2D eigenvalue weighted by Crippen LogP contribution is 2.30. The van der Waals surface area contributed by atoms with Gasteiger partial charge in [-0.1, -0.05) is 30.3 Å². The molecule has 1 aliphatic carbocycles. The third-order valence-corrected chi connectivity index (χ3v) is 4.42. The van der Waals surface area contributed by atoms with E-state index in [0.29, 0.717) is 12.0 Å². The molecule has 4 heteroatoms. The minimum atomic E-state index is 0.589. The maximum absolute atomic E-state index is 5.66. The average Bonchev–Trinajstić information content (AvgIpc) is 3.03. The maximum Gasteiger partial charge on any atom is 0.297 e. The molecule has 1 unspecified atom stereocenters. The molecular weight excluding hydrogens is 262 g/mol. The largest absolute Gasteiger partial charge is 0.432 e. The van der Waals surface area contributed by atoms with E-state index >= 15 is 0 Å². The molecule has 2 fully saturated rings. The summed E-state index contributed by atoms with van der Waals surface area (Å²) in [5.74, 6) is 0.589. The Bertz CT molecular complexity index is 591. The SMILES string of the molecule is c1ccc(C2CCN(c3nc(CNC4CC4)co3)C2)cc1. The van der Waals surface area contributed by atoms with Crippen molar-refractivity contribution in [3.8, 4) is 0 Å². The zero-order chi connectivity index (χ0) is 14.1. The van der Waals surface area contributed by atoms with Gasteiger partial charge in [0.1, 0.15) is 6.26 Å². The van der Waals surface area contributed by atoms with Crippen LogP contribution in [0.5, 0.6) is 0 Å². The van der Waals surface area contributed by atoms with Crippen LogP contribution in [0.15, 0.2) is 41.0 Å². The fourth-order valence-corrected chi connectivity index (χ4v) is 2.99. The molecule has 110 valence electrons. The first-order valence-electron chi connectivity index (χ1n) is 7.86. The van der Waals surface area contributed by atoms with Gasteiger partial charge in [-0.3, -0.25) is 0 Å². The van der Waals surface area contributed by atoms with Gasteiger partial charge >= 0.3 is 0 Å². The first-order valence-corrected chi connectivity index (χ1v) is 7.86. The van der Waals surface area contributed by atoms with Crippen LogP contribution in [0.3, 0.4) is 0 Å².